The number of esters is 1. The van der Waals surface area contributed by atoms with Crippen molar-refractivity contribution in [1.82, 2.24) is 26.6 Å². The zero-order valence-electron chi connectivity index (χ0n) is 49.8. The van der Waals surface area contributed by atoms with Crippen LogP contribution in [-0.4, -0.2) is 104 Å². The number of fused-ring (bicyclic) bond motifs is 6. The number of nitrogens with one attached hydrogen (secondary N) is 5. The molecule has 0 saturated heterocycles. The first-order chi connectivity index (χ1) is 39.2. The lowest BCUT2D eigenvalue weighted by Crippen LogP contribution is -2.55. The Morgan fingerprint density at radius 1 is 0.518 bits per heavy atom. The SMILES string of the molecule is CCCCCNC(=O)[C@@]1(C)CCC[C@]2(C)c3cc(OC(=O)CCCNCCCCCCNCCCNC(=O)Oc4ccc5c(c4)[C@@]4(C)CCC[C@](C)(C(=O)NCCCCC)[C@@H]4CC5)ccc3CC[C@@H]12.O=C(O)C(F)(F)F.O=C(O)C(F)(F)F. The summed E-state index contributed by atoms with van der Waals surface area (Å²) in [6.45, 7) is 19.0. The Bertz CT molecular complexity index is 2280. The van der Waals surface area contributed by atoms with E-state index >= 15 is 0 Å². The zero-order chi connectivity index (χ0) is 61.5. The standard InChI is InChI=1S/C58H91N5O6.2C2HF3O2/c1-7-9-13-38-61-52(65)57(5)32-18-30-55(3)47-41-45(26-22-43(47)24-28-49(55)57)68-51(64)21-17-36-59-34-15-11-12-16-35-60-37-20-40-63-54(67)69-46-27-23-44-25-29-50-56(4,48(44)42-46)31-19-33-58(50,6)53(66)62-39-14-10-8-2;2*3-2(4,5)1(6)7/h22-23,26-27,41-42,49-50,59-60H,7-21,24-25,28-40H2,1-6H3,(H,61,65)(H,62,66)(H,63,67);2*(H,6,7)/t49-,50-,55-,56-,57+,58+;;/m1../s1. The normalized spacial score (nSPS) is 23.4. The molecule has 0 heterocycles. The van der Waals surface area contributed by atoms with E-state index in [0.717, 1.165) is 181 Å². The molecule has 4 aliphatic carbocycles. The third-order valence-electron chi connectivity index (χ3n) is 17.7. The molecule has 0 radical (unpaired) electrons. The number of carbonyl (C=O) groups is 6. The van der Waals surface area contributed by atoms with Crippen molar-refractivity contribution < 1.29 is 74.8 Å². The van der Waals surface area contributed by atoms with Gasteiger partial charge in [-0.25, -0.2) is 14.4 Å². The van der Waals surface area contributed by atoms with Crippen LogP contribution in [0.15, 0.2) is 36.4 Å². The highest BCUT2D eigenvalue weighted by Gasteiger charge is 2.56. The number of alkyl halides is 6. The van der Waals surface area contributed by atoms with E-state index in [1.165, 1.54) is 22.3 Å². The van der Waals surface area contributed by atoms with E-state index in [2.05, 4.69) is 92.4 Å². The lowest BCUT2D eigenvalue weighted by Gasteiger charge is -2.54. The number of carboxylic acid groups (broad SMARTS) is 2. The topological polar surface area (TPSA) is 221 Å². The minimum absolute atomic E-state index is 0.119. The molecular formula is C62H93F6N5O10. The van der Waals surface area contributed by atoms with Crippen LogP contribution in [0.2, 0.25) is 0 Å². The highest BCUT2D eigenvalue weighted by molar-refractivity contribution is 5.84. The Morgan fingerprint density at radius 2 is 0.904 bits per heavy atom. The maximum absolute atomic E-state index is 13.6. The molecule has 6 atom stereocenters. The number of rotatable bonds is 27. The smallest absolute Gasteiger partial charge is 0.475 e. The Labute approximate surface area is 486 Å². The molecule has 7 N–H and O–H groups in total. The highest BCUT2D eigenvalue weighted by Crippen LogP contribution is 2.59. The number of aliphatic carboxylic acids is 2. The second-order valence-corrected chi connectivity index (χ2v) is 23.9. The van der Waals surface area contributed by atoms with Gasteiger partial charge in [0.05, 0.1) is 10.8 Å². The van der Waals surface area contributed by atoms with Crippen molar-refractivity contribution in [3.8, 4) is 11.5 Å². The molecule has 2 fully saturated rings. The van der Waals surface area contributed by atoms with Gasteiger partial charge in [-0.05, 0) is 185 Å². The van der Waals surface area contributed by atoms with Gasteiger partial charge in [0.25, 0.3) is 0 Å². The Kier molecular flexibility index (Phi) is 27.6. The Hall–Kier alpha value is -5.44. The molecule has 15 nitrogen and oxygen atoms in total. The fraction of sp³-hybridized carbons (Fsp3) is 0.710. The van der Waals surface area contributed by atoms with Gasteiger partial charge in [0.1, 0.15) is 11.5 Å². The Balaban J connectivity index is 0.000000936. The number of hydrogen-bond acceptors (Lipinski definition) is 10. The second-order valence-electron chi connectivity index (χ2n) is 23.9. The van der Waals surface area contributed by atoms with E-state index in [0.29, 0.717) is 24.5 Å². The molecular weight excluding hydrogens is 1090 g/mol. The molecule has 0 unspecified atom stereocenters. The van der Waals surface area contributed by atoms with Crippen molar-refractivity contribution in [1.29, 1.82) is 0 Å². The first kappa shape index (κ1) is 70.0. The molecule has 2 aromatic rings. The Morgan fingerprint density at radius 3 is 1.33 bits per heavy atom. The highest BCUT2D eigenvalue weighted by atomic mass is 19.4. The molecule has 3 amide bonds. The molecule has 2 saturated carbocycles. The van der Waals surface area contributed by atoms with Gasteiger partial charge in [-0.1, -0.05) is 105 Å². The van der Waals surface area contributed by atoms with Crippen molar-refractivity contribution in [2.24, 2.45) is 22.7 Å². The summed E-state index contributed by atoms with van der Waals surface area (Å²) in [5, 5.41) is 30.7. The molecule has 21 heteroatoms. The van der Waals surface area contributed by atoms with Crippen molar-refractivity contribution in [2.45, 2.75) is 212 Å². The van der Waals surface area contributed by atoms with Gasteiger partial charge in [0, 0.05) is 26.1 Å². The van der Waals surface area contributed by atoms with Gasteiger partial charge in [-0.3, -0.25) is 14.4 Å². The third kappa shape index (κ3) is 20.4. The van der Waals surface area contributed by atoms with E-state index in [9.17, 15) is 45.5 Å². The summed E-state index contributed by atoms with van der Waals surface area (Å²) in [7, 11) is 0. The van der Waals surface area contributed by atoms with Crippen LogP contribution in [0.3, 0.4) is 0 Å². The monoisotopic (exact) mass is 1180 g/mol. The number of hydrogen-bond donors (Lipinski definition) is 7. The minimum Gasteiger partial charge on any atom is -0.475 e. The molecule has 83 heavy (non-hydrogen) atoms. The number of amides is 3. The lowest BCUT2D eigenvalue weighted by atomic mass is 9.49. The fourth-order valence-electron chi connectivity index (χ4n) is 13.3. The van der Waals surface area contributed by atoms with Crippen molar-refractivity contribution in [3.05, 3.63) is 58.7 Å². The number of carboxylic acids is 2. The van der Waals surface area contributed by atoms with Gasteiger partial charge in [-0.2, -0.15) is 26.3 Å². The maximum Gasteiger partial charge on any atom is 0.490 e. The fourth-order valence-corrected chi connectivity index (χ4v) is 13.3. The van der Waals surface area contributed by atoms with E-state index in [4.69, 9.17) is 29.3 Å². The molecule has 468 valence electrons. The average Bonchev–Trinajstić information content (AvgIpc) is 0.962. The number of benzene rings is 2. The van der Waals surface area contributed by atoms with E-state index in [1.807, 2.05) is 12.1 Å². The maximum atomic E-state index is 13.6. The molecule has 4 aliphatic rings. The van der Waals surface area contributed by atoms with Crippen molar-refractivity contribution in [3.63, 3.8) is 0 Å². The summed E-state index contributed by atoms with van der Waals surface area (Å²) < 4.78 is 75.2. The van der Waals surface area contributed by atoms with Gasteiger partial charge >= 0.3 is 36.4 Å². The summed E-state index contributed by atoms with van der Waals surface area (Å²) in [5.74, 6) is -3.60. The van der Waals surface area contributed by atoms with Crippen LogP contribution in [0, 0.1) is 22.7 Å². The summed E-state index contributed by atoms with van der Waals surface area (Å²) in [5.41, 5.74) is 4.09. The van der Waals surface area contributed by atoms with Crippen LogP contribution in [0.25, 0.3) is 0 Å². The molecule has 2 aromatic carbocycles. The van der Waals surface area contributed by atoms with E-state index < -0.39 is 35.8 Å². The first-order valence-corrected chi connectivity index (χ1v) is 30.2. The van der Waals surface area contributed by atoms with Crippen molar-refractivity contribution in [2.75, 3.05) is 45.8 Å². The van der Waals surface area contributed by atoms with Gasteiger partial charge in [0.15, 0.2) is 0 Å². The largest absolute Gasteiger partial charge is 0.490 e. The molecule has 6 rings (SSSR count). The third-order valence-corrected chi connectivity index (χ3v) is 17.7. The predicted octanol–water partition coefficient (Wildman–Crippen LogP) is 12.2. The number of halogens is 6. The van der Waals surface area contributed by atoms with E-state index in [1.54, 1.807) is 0 Å². The van der Waals surface area contributed by atoms with Gasteiger partial charge in [-0.15, -0.1) is 0 Å². The van der Waals surface area contributed by atoms with E-state index in [-0.39, 0.29) is 45.9 Å². The summed E-state index contributed by atoms with van der Waals surface area (Å²) in [6, 6.07) is 12.3. The second kappa shape index (κ2) is 32.7. The first-order valence-electron chi connectivity index (χ1n) is 30.2. The predicted molar refractivity (Wildman–Crippen MR) is 305 cm³/mol. The molecule has 0 spiro atoms. The zero-order valence-corrected chi connectivity index (χ0v) is 49.8. The molecule has 0 aromatic heterocycles. The summed E-state index contributed by atoms with van der Waals surface area (Å²) >= 11 is 0. The van der Waals surface area contributed by atoms with Crippen LogP contribution < -0.4 is 36.1 Å². The average molecular weight is 1180 g/mol. The van der Waals surface area contributed by atoms with Crippen molar-refractivity contribution >= 4 is 35.8 Å². The van der Waals surface area contributed by atoms with Crippen LogP contribution in [0.1, 0.15) is 199 Å². The summed E-state index contributed by atoms with van der Waals surface area (Å²) in [4.78, 5) is 70.7. The number of ether oxygens (including phenoxy) is 2. The quantitative estimate of drug-likeness (QED) is 0.0192. The number of unbranched alkanes of at least 4 members (excludes halogenated alkanes) is 7. The number of aryl methyl sites for hydroxylation is 2. The molecule has 0 bridgehead atoms. The molecule has 0 aliphatic heterocycles. The van der Waals surface area contributed by atoms with Gasteiger partial charge in [0.2, 0.25) is 11.8 Å². The lowest BCUT2D eigenvalue weighted by molar-refractivity contribution is -0.193. The van der Waals surface area contributed by atoms with Crippen LogP contribution in [0.5, 0.6) is 11.5 Å². The summed E-state index contributed by atoms with van der Waals surface area (Å²) in [6.07, 6.45) is 12.3. The van der Waals surface area contributed by atoms with Crippen LogP contribution >= 0.6 is 0 Å². The number of carbonyl (C=O) groups excluding carboxylic acids is 4. The van der Waals surface area contributed by atoms with Crippen LogP contribution in [-0.2, 0) is 47.6 Å². The van der Waals surface area contributed by atoms with Crippen LogP contribution in [0.4, 0.5) is 31.1 Å². The minimum atomic E-state index is -5.08. The van der Waals surface area contributed by atoms with Gasteiger partial charge < -0.3 is 46.3 Å².